The van der Waals surface area contributed by atoms with E-state index in [4.69, 9.17) is 10.5 Å². The van der Waals surface area contributed by atoms with Crippen molar-refractivity contribution in [2.75, 3.05) is 12.4 Å². The Morgan fingerprint density at radius 1 is 1.10 bits per heavy atom. The van der Waals surface area contributed by atoms with Gasteiger partial charge in [0, 0.05) is 11.4 Å². The minimum atomic E-state index is -1.03. The molecule has 0 aliphatic heterocycles. The maximum absolute atomic E-state index is 12.3. The molecule has 0 heterocycles. The van der Waals surface area contributed by atoms with Crippen LogP contribution < -0.4 is 10.5 Å². The molecule has 0 aliphatic carbocycles. The minimum absolute atomic E-state index is 0.433. The molecule has 2 rings (SSSR count). The first-order valence-electron chi connectivity index (χ1n) is 6.97. The van der Waals surface area contributed by atoms with Gasteiger partial charge in [0.15, 0.2) is 0 Å². The average molecular weight is 303 g/mol. The molecule has 0 fully saturated rings. The fraction of sp³-hybridized carbons (Fsp3) is 0.294. The molecule has 2 N–H and O–H groups in total. The van der Waals surface area contributed by atoms with Crippen LogP contribution in [0.2, 0.25) is 0 Å². The van der Waals surface area contributed by atoms with E-state index in [0.29, 0.717) is 18.9 Å². The summed E-state index contributed by atoms with van der Waals surface area (Å²) in [5, 5.41) is 0. The molecule has 0 spiro atoms. The van der Waals surface area contributed by atoms with Crippen LogP contribution in [0.3, 0.4) is 0 Å². The predicted octanol–water partition coefficient (Wildman–Crippen LogP) is 2.95. The Hall–Kier alpha value is -1.65. The van der Waals surface area contributed by atoms with Crippen LogP contribution in [0.1, 0.15) is 16.7 Å². The zero-order valence-corrected chi connectivity index (χ0v) is 13.3. The van der Waals surface area contributed by atoms with Crippen LogP contribution in [0.5, 0.6) is 5.75 Å². The standard InChI is InChI=1S/C17H21NO2S/c1-13-3-4-14(2)17(11-13)21(19)10-9-20-16-7-5-15(12-18)6-8-16/h3-8,11H,9-10,12,18H2,1-2H3. The molecule has 0 aliphatic rings. The Labute approximate surface area is 128 Å². The molecule has 3 nitrogen and oxygen atoms in total. The number of hydrogen-bond acceptors (Lipinski definition) is 3. The number of aryl methyl sites for hydroxylation is 2. The van der Waals surface area contributed by atoms with Crippen LogP contribution >= 0.6 is 0 Å². The summed E-state index contributed by atoms with van der Waals surface area (Å²) in [7, 11) is -1.03. The van der Waals surface area contributed by atoms with Crippen LogP contribution in [0.25, 0.3) is 0 Å². The summed E-state index contributed by atoms with van der Waals surface area (Å²) in [5.74, 6) is 1.27. The van der Waals surface area contributed by atoms with E-state index in [1.54, 1.807) is 0 Å². The van der Waals surface area contributed by atoms with Gasteiger partial charge in [0.25, 0.3) is 0 Å². The Balaban J connectivity index is 1.90. The molecule has 2 aromatic carbocycles. The van der Waals surface area contributed by atoms with Crippen LogP contribution in [0.15, 0.2) is 47.4 Å². The molecule has 21 heavy (non-hydrogen) atoms. The summed E-state index contributed by atoms with van der Waals surface area (Å²) < 4.78 is 18.0. The van der Waals surface area contributed by atoms with Gasteiger partial charge in [0.1, 0.15) is 12.4 Å². The second kappa shape index (κ2) is 7.38. The Kier molecular flexibility index (Phi) is 5.53. The van der Waals surface area contributed by atoms with E-state index < -0.39 is 10.8 Å². The average Bonchev–Trinajstić information content (AvgIpc) is 2.50. The quantitative estimate of drug-likeness (QED) is 0.892. The van der Waals surface area contributed by atoms with Crippen LogP contribution in [0.4, 0.5) is 0 Å². The summed E-state index contributed by atoms with van der Waals surface area (Å²) in [5.41, 5.74) is 8.81. The van der Waals surface area contributed by atoms with Crippen LogP contribution in [0, 0.1) is 13.8 Å². The highest BCUT2D eigenvalue weighted by Crippen LogP contribution is 2.16. The molecule has 2 aromatic rings. The molecular weight excluding hydrogens is 282 g/mol. The Morgan fingerprint density at radius 3 is 2.48 bits per heavy atom. The van der Waals surface area contributed by atoms with Gasteiger partial charge in [0.05, 0.1) is 16.6 Å². The molecule has 1 atom stereocenters. The summed E-state index contributed by atoms with van der Waals surface area (Å²) >= 11 is 0. The highest BCUT2D eigenvalue weighted by atomic mass is 32.2. The summed E-state index contributed by atoms with van der Waals surface area (Å²) in [4.78, 5) is 0.900. The Bertz CT molecular complexity index is 623. The van der Waals surface area contributed by atoms with Crippen molar-refractivity contribution in [3.05, 3.63) is 59.2 Å². The smallest absolute Gasteiger partial charge is 0.119 e. The Morgan fingerprint density at radius 2 is 1.81 bits per heavy atom. The topological polar surface area (TPSA) is 52.3 Å². The number of benzene rings is 2. The minimum Gasteiger partial charge on any atom is -0.493 e. The molecule has 0 bridgehead atoms. The maximum Gasteiger partial charge on any atom is 0.119 e. The van der Waals surface area contributed by atoms with E-state index in [1.165, 1.54) is 0 Å². The van der Waals surface area contributed by atoms with Crippen molar-refractivity contribution in [2.24, 2.45) is 5.73 Å². The van der Waals surface area contributed by atoms with Crippen molar-refractivity contribution in [1.29, 1.82) is 0 Å². The zero-order chi connectivity index (χ0) is 15.2. The van der Waals surface area contributed by atoms with Crippen molar-refractivity contribution >= 4 is 10.8 Å². The third-order valence-electron chi connectivity index (χ3n) is 3.29. The van der Waals surface area contributed by atoms with Gasteiger partial charge in [-0.25, -0.2) is 0 Å². The third kappa shape index (κ3) is 4.41. The van der Waals surface area contributed by atoms with Crippen LogP contribution in [-0.4, -0.2) is 16.6 Å². The monoisotopic (exact) mass is 303 g/mol. The molecule has 0 saturated carbocycles. The van der Waals surface area contributed by atoms with Crippen molar-refractivity contribution < 1.29 is 8.95 Å². The van der Waals surface area contributed by atoms with E-state index in [2.05, 4.69) is 0 Å². The van der Waals surface area contributed by atoms with Crippen molar-refractivity contribution in [1.82, 2.24) is 0 Å². The van der Waals surface area contributed by atoms with E-state index in [-0.39, 0.29) is 0 Å². The highest BCUT2D eigenvalue weighted by molar-refractivity contribution is 7.85. The molecule has 0 saturated heterocycles. The largest absolute Gasteiger partial charge is 0.493 e. The first kappa shape index (κ1) is 15.7. The lowest BCUT2D eigenvalue weighted by atomic mass is 10.2. The fourth-order valence-electron chi connectivity index (χ4n) is 2.02. The fourth-order valence-corrected chi connectivity index (χ4v) is 3.22. The molecule has 0 aromatic heterocycles. The SMILES string of the molecule is Cc1ccc(C)c(S(=O)CCOc2ccc(CN)cc2)c1. The zero-order valence-electron chi connectivity index (χ0n) is 12.5. The third-order valence-corrected chi connectivity index (χ3v) is 4.75. The van der Waals surface area contributed by atoms with Crippen molar-refractivity contribution in [3.63, 3.8) is 0 Å². The first-order valence-corrected chi connectivity index (χ1v) is 8.29. The molecule has 0 amide bonds. The second-order valence-electron chi connectivity index (χ2n) is 5.02. The molecular formula is C17H21NO2S. The van der Waals surface area contributed by atoms with Gasteiger partial charge >= 0.3 is 0 Å². The molecule has 4 heteroatoms. The van der Waals surface area contributed by atoms with Crippen molar-refractivity contribution in [3.8, 4) is 5.75 Å². The van der Waals surface area contributed by atoms with Gasteiger partial charge < -0.3 is 10.5 Å². The van der Waals surface area contributed by atoms with E-state index in [1.807, 2.05) is 56.3 Å². The molecule has 112 valence electrons. The highest BCUT2D eigenvalue weighted by Gasteiger charge is 2.08. The predicted molar refractivity (Wildman–Crippen MR) is 87.0 cm³/mol. The lowest BCUT2D eigenvalue weighted by Gasteiger charge is -2.09. The summed E-state index contributed by atoms with van der Waals surface area (Å²) in [6.45, 7) is 4.95. The van der Waals surface area contributed by atoms with Crippen molar-refractivity contribution in [2.45, 2.75) is 25.3 Å². The van der Waals surface area contributed by atoms with Gasteiger partial charge in [-0.1, -0.05) is 24.3 Å². The first-order chi connectivity index (χ1) is 10.1. The lowest BCUT2D eigenvalue weighted by molar-refractivity contribution is 0.342. The van der Waals surface area contributed by atoms with Gasteiger partial charge in [-0.2, -0.15) is 0 Å². The maximum atomic E-state index is 12.3. The summed E-state index contributed by atoms with van der Waals surface area (Å²) in [6, 6.07) is 13.7. The van der Waals surface area contributed by atoms with E-state index >= 15 is 0 Å². The van der Waals surface area contributed by atoms with Gasteiger partial charge in [0.2, 0.25) is 0 Å². The normalized spacial score (nSPS) is 12.1. The van der Waals surface area contributed by atoms with Gasteiger partial charge in [-0.3, -0.25) is 4.21 Å². The van der Waals surface area contributed by atoms with Gasteiger partial charge in [-0.05, 0) is 48.7 Å². The number of ether oxygens (including phenoxy) is 1. The molecule has 1 unspecified atom stereocenters. The summed E-state index contributed by atoms with van der Waals surface area (Å²) in [6.07, 6.45) is 0. The van der Waals surface area contributed by atoms with E-state index in [9.17, 15) is 4.21 Å². The number of nitrogens with two attached hydrogens (primary N) is 1. The van der Waals surface area contributed by atoms with E-state index in [0.717, 1.165) is 27.3 Å². The number of rotatable bonds is 6. The lowest BCUT2D eigenvalue weighted by Crippen LogP contribution is -2.10. The van der Waals surface area contributed by atoms with Gasteiger partial charge in [-0.15, -0.1) is 0 Å². The molecule has 0 radical (unpaired) electrons. The number of hydrogen-bond donors (Lipinski definition) is 1. The van der Waals surface area contributed by atoms with Crippen LogP contribution in [-0.2, 0) is 17.3 Å². The second-order valence-corrected chi connectivity index (χ2v) is 6.55.